The topological polar surface area (TPSA) is 38.9 Å². The second-order valence-corrected chi connectivity index (χ2v) is 6.57. The van der Waals surface area contributed by atoms with Gasteiger partial charge in [0, 0.05) is 4.88 Å². The van der Waals surface area contributed by atoms with E-state index < -0.39 is 17.6 Å². The Kier molecular flexibility index (Phi) is 3.93. The van der Waals surface area contributed by atoms with E-state index in [1.165, 1.54) is 11.3 Å². The number of rotatable bonds is 2. The summed E-state index contributed by atoms with van der Waals surface area (Å²) in [5.41, 5.74) is 6.31. The highest BCUT2D eigenvalue weighted by Crippen LogP contribution is 2.45. The van der Waals surface area contributed by atoms with Crippen molar-refractivity contribution in [2.45, 2.75) is 57.7 Å². The van der Waals surface area contributed by atoms with Crippen molar-refractivity contribution in [1.82, 2.24) is 4.98 Å². The Hall–Kier alpha value is -0.620. The summed E-state index contributed by atoms with van der Waals surface area (Å²) in [6.45, 7) is 3.95. The van der Waals surface area contributed by atoms with Gasteiger partial charge in [-0.05, 0) is 32.6 Å². The van der Waals surface area contributed by atoms with Crippen molar-refractivity contribution in [3.05, 3.63) is 15.6 Å². The van der Waals surface area contributed by atoms with Gasteiger partial charge in [-0.25, -0.2) is 4.98 Å². The predicted octanol–water partition coefficient (Wildman–Crippen LogP) is 3.92. The van der Waals surface area contributed by atoms with E-state index in [4.69, 9.17) is 5.73 Å². The Balaban J connectivity index is 2.26. The SMILES string of the molecule is CCc1nc(C2(N)CCCC(C(F)(F)F)C2)sc1C. The third-order valence-corrected chi connectivity index (χ3v) is 5.14. The molecule has 1 aromatic rings. The highest BCUT2D eigenvalue weighted by molar-refractivity contribution is 7.11. The Morgan fingerprint density at radius 2 is 2.16 bits per heavy atom. The van der Waals surface area contributed by atoms with Crippen molar-refractivity contribution in [3.8, 4) is 0 Å². The van der Waals surface area contributed by atoms with Gasteiger partial charge in [-0.1, -0.05) is 13.3 Å². The molecule has 0 aliphatic heterocycles. The molecule has 2 nitrogen and oxygen atoms in total. The summed E-state index contributed by atoms with van der Waals surface area (Å²) >= 11 is 1.45. The average molecular weight is 292 g/mol. The molecule has 0 amide bonds. The Labute approximate surface area is 115 Å². The van der Waals surface area contributed by atoms with Crippen LogP contribution in [0.5, 0.6) is 0 Å². The Morgan fingerprint density at radius 1 is 1.47 bits per heavy atom. The van der Waals surface area contributed by atoms with Crippen molar-refractivity contribution < 1.29 is 13.2 Å². The molecule has 0 aromatic carbocycles. The smallest absolute Gasteiger partial charge is 0.319 e. The molecule has 0 saturated heterocycles. The molecule has 0 bridgehead atoms. The van der Waals surface area contributed by atoms with Gasteiger partial charge in [-0.3, -0.25) is 0 Å². The van der Waals surface area contributed by atoms with Crippen molar-refractivity contribution in [2.75, 3.05) is 0 Å². The van der Waals surface area contributed by atoms with Crippen molar-refractivity contribution >= 4 is 11.3 Å². The molecule has 0 radical (unpaired) electrons. The first-order valence-corrected chi connectivity index (χ1v) is 7.40. The summed E-state index contributed by atoms with van der Waals surface area (Å²) in [7, 11) is 0. The van der Waals surface area contributed by atoms with Crippen molar-refractivity contribution in [3.63, 3.8) is 0 Å². The summed E-state index contributed by atoms with van der Waals surface area (Å²) < 4.78 is 38.6. The van der Waals surface area contributed by atoms with E-state index in [1.54, 1.807) is 0 Å². The van der Waals surface area contributed by atoms with Gasteiger partial charge < -0.3 is 5.73 Å². The fourth-order valence-corrected chi connectivity index (χ4v) is 3.89. The summed E-state index contributed by atoms with van der Waals surface area (Å²) in [6, 6.07) is 0. The van der Waals surface area contributed by atoms with Crippen molar-refractivity contribution in [1.29, 1.82) is 0 Å². The van der Waals surface area contributed by atoms with Crippen molar-refractivity contribution in [2.24, 2.45) is 11.7 Å². The summed E-state index contributed by atoms with van der Waals surface area (Å²) in [5.74, 6) is -1.29. The third-order valence-electron chi connectivity index (χ3n) is 3.90. The van der Waals surface area contributed by atoms with Crippen LogP contribution in [0.25, 0.3) is 0 Å². The van der Waals surface area contributed by atoms with E-state index in [0.29, 0.717) is 17.8 Å². The quantitative estimate of drug-likeness (QED) is 0.897. The first-order chi connectivity index (χ1) is 8.76. The minimum absolute atomic E-state index is 0.0351. The molecule has 1 aromatic heterocycles. The Morgan fingerprint density at radius 3 is 2.68 bits per heavy atom. The van der Waals surface area contributed by atoms with Gasteiger partial charge in [0.15, 0.2) is 0 Å². The molecule has 6 heteroatoms. The fraction of sp³-hybridized carbons (Fsp3) is 0.769. The monoisotopic (exact) mass is 292 g/mol. The normalized spacial score (nSPS) is 28.6. The molecular formula is C13H19F3N2S. The van der Waals surface area contributed by atoms with Crippen LogP contribution in [0.4, 0.5) is 13.2 Å². The van der Waals surface area contributed by atoms with Gasteiger partial charge in [0.2, 0.25) is 0 Å². The van der Waals surface area contributed by atoms with Crippen LogP contribution in [0.15, 0.2) is 0 Å². The van der Waals surface area contributed by atoms with E-state index in [-0.39, 0.29) is 12.8 Å². The number of nitrogens with zero attached hydrogens (tertiary/aromatic N) is 1. The van der Waals surface area contributed by atoms with Gasteiger partial charge >= 0.3 is 6.18 Å². The molecule has 1 aliphatic rings. The number of aromatic nitrogens is 1. The highest BCUT2D eigenvalue weighted by atomic mass is 32.1. The molecule has 2 unspecified atom stereocenters. The van der Waals surface area contributed by atoms with Crippen LogP contribution in [0.3, 0.4) is 0 Å². The number of hydrogen-bond donors (Lipinski definition) is 1. The van der Waals surface area contributed by atoms with Crippen LogP contribution in [0, 0.1) is 12.8 Å². The van der Waals surface area contributed by atoms with Gasteiger partial charge in [0.05, 0.1) is 17.2 Å². The standard InChI is InChI=1S/C13H19F3N2S/c1-3-10-8(2)19-11(18-10)12(17)6-4-5-9(7-12)13(14,15)16/h9H,3-7,17H2,1-2H3. The van der Waals surface area contributed by atoms with Crippen LogP contribution in [0.1, 0.15) is 48.2 Å². The van der Waals surface area contributed by atoms with Crippen LogP contribution < -0.4 is 5.73 Å². The Bertz CT molecular complexity index is 455. The number of hydrogen-bond acceptors (Lipinski definition) is 3. The van der Waals surface area contributed by atoms with E-state index in [0.717, 1.165) is 17.0 Å². The molecular weight excluding hydrogens is 273 g/mol. The van der Waals surface area contributed by atoms with E-state index in [2.05, 4.69) is 4.98 Å². The van der Waals surface area contributed by atoms with E-state index in [1.807, 2.05) is 13.8 Å². The lowest BCUT2D eigenvalue weighted by molar-refractivity contribution is -0.187. The number of nitrogens with two attached hydrogens (primary N) is 1. The summed E-state index contributed by atoms with van der Waals surface area (Å²) in [5, 5.41) is 0.677. The number of aryl methyl sites for hydroxylation is 2. The van der Waals surface area contributed by atoms with Gasteiger partial charge in [0.1, 0.15) is 5.01 Å². The largest absolute Gasteiger partial charge is 0.391 e. The molecule has 2 atom stereocenters. The lowest BCUT2D eigenvalue weighted by Gasteiger charge is -2.37. The molecule has 2 rings (SSSR count). The molecule has 0 spiro atoms. The minimum atomic E-state index is -4.15. The van der Waals surface area contributed by atoms with Crippen LogP contribution in [0.2, 0.25) is 0 Å². The zero-order valence-electron chi connectivity index (χ0n) is 11.2. The zero-order valence-corrected chi connectivity index (χ0v) is 12.0. The average Bonchev–Trinajstić information content (AvgIpc) is 2.70. The minimum Gasteiger partial charge on any atom is -0.319 e. The maximum atomic E-state index is 12.9. The lowest BCUT2D eigenvalue weighted by Crippen LogP contribution is -2.44. The maximum absolute atomic E-state index is 12.9. The summed E-state index contributed by atoms with van der Waals surface area (Å²) in [4.78, 5) is 5.53. The molecule has 1 heterocycles. The maximum Gasteiger partial charge on any atom is 0.391 e. The molecule has 19 heavy (non-hydrogen) atoms. The highest BCUT2D eigenvalue weighted by Gasteiger charge is 2.47. The first kappa shape index (κ1) is 14.8. The molecule has 2 N–H and O–H groups in total. The molecule has 1 aliphatic carbocycles. The first-order valence-electron chi connectivity index (χ1n) is 6.58. The number of alkyl halides is 3. The van der Waals surface area contributed by atoms with Gasteiger partial charge in [-0.15, -0.1) is 11.3 Å². The van der Waals surface area contributed by atoms with Crippen LogP contribution >= 0.6 is 11.3 Å². The predicted molar refractivity (Wildman–Crippen MR) is 70.1 cm³/mol. The van der Waals surface area contributed by atoms with E-state index >= 15 is 0 Å². The second-order valence-electron chi connectivity index (χ2n) is 5.37. The molecule has 1 fully saturated rings. The molecule has 1 saturated carbocycles. The number of thiazole rings is 1. The van der Waals surface area contributed by atoms with Gasteiger partial charge in [0.25, 0.3) is 0 Å². The van der Waals surface area contributed by atoms with Crippen LogP contribution in [-0.4, -0.2) is 11.2 Å². The zero-order chi connectivity index (χ0) is 14.3. The van der Waals surface area contributed by atoms with Gasteiger partial charge in [-0.2, -0.15) is 13.2 Å². The second kappa shape index (κ2) is 5.05. The third kappa shape index (κ3) is 2.94. The number of halogens is 3. The van der Waals surface area contributed by atoms with E-state index in [9.17, 15) is 13.2 Å². The fourth-order valence-electron chi connectivity index (χ4n) is 2.75. The van der Waals surface area contributed by atoms with Crippen LogP contribution in [-0.2, 0) is 12.0 Å². The summed E-state index contributed by atoms with van der Waals surface area (Å²) in [6.07, 6.45) is -2.09. The lowest BCUT2D eigenvalue weighted by atomic mass is 9.76. The molecule has 108 valence electrons.